The number of benzene rings is 2. The smallest absolute Gasteiger partial charge is 0.129 e. The van der Waals surface area contributed by atoms with Gasteiger partial charge in [-0.15, -0.1) is 0 Å². The van der Waals surface area contributed by atoms with Crippen molar-refractivity contribution < 1.29 is 14.2 Å². The molecule has 110 valence electrons. The highest BCUT2D eigenvalue weighted by Crippen LogP contribution is 2.42. The normalized spacial score (nSPS) is 20.3. The molecule has 0 aromatic heterocycles. The van der Waals surface area contributed by atoms with E-state index in [0.29, 0.717) is 6.42 Å². The fraction of sp³-hybridized carbons (Fsp3) is 0.294. The maximum absolute atomic E-state index is 6.28. The standard InChI is InChI=1S/C17H19NO3/c1-19-11-7-8-15(20-2)13(9-11)17-10-14(18)12-5-3-4-6-16(12)21-17/h3-9,14,17H,10,18H2,1-2H3/t14-,17?/m1/s1. The molecule has 0 saturated carbocycles. The van der Waals surface area contributed by atoms with Crippen LogP contribution in [0.5, 0.6) is 17.2 Å². The second-order valence-corrected chi connectivity index (χ2v) is 5.09. The fourth-order valence-electron chi connectivity index (χ4n) is 2.73. The van der Waals surface area contributed by atoms with E-state index in [1.807, 2.05) is 42.5 Å². The predicted octanol–water partition coefficient (Wildman–Crippen LogP) is 3.23. The van der Waals surface area contributed by atoms with Crippen LogP contribution in [0.1, 0.15) is 29.7 Å². The SMILES string of the molecule is COc1ccc(OC)c(C2C[C@@H](N)c3ccccc3O2)c1. The van der Waals surface area contributed by atoms with Crippen LogP contribution in [-0.2, 0) is 0 Å². The lowest BCUT2D eigenvalue weighted by Crippen LogP contribution is -2.24. The fourth-order valence-corrected chi connectivity index (χ4v) is 2.73. The Hall–Kier alpha value is -2.20. The summed E-state index contributed by atoms with van der Waals surface area (Å²) in [6.07, 6.45) is 0.570. The summed E-state index contributed by atoms with van der Waals surface area (Å²) < 4.78 is 16.9. The summed E-state index contributed by atoms with van der Waals surface area (Å²) in [6.45, 7) is 0. The molecule has 2 N–H and O–H groups in total. The number of nitrogens with two attached hydrogens (primary N) is 1. The van der Waals surface area contributed by atoms with Gasteiger partial charge < -0.3 is 19.9 Å². The lowest BCUT2D eigenvalue weighted by atomic mass is 9.93. The number of hydrogen-bond donors (Lipinski definition) is 1. The van der Waals surface area contributed by atoms with Gasteiger partial charge in [-0.1, -0.05) is 18.2 Å². The highest BCUT2D eigenvalue weighted by atomic mass is 16.5. The molecule has 0 bridgehead atoms. The molecule has 1 heterocycles. The first kappa shape index (κ1) is 13.8. The number of methoxy groups -OCH3 is 2. The first-order valence-electron chi connectivity index (χ1n) is 6.96. The molecule has 1 unspecified atom stereocenters. The lowest BCUT2D eigenvalue weighted by molar-refractivity contribution is 0.157. The zero-order chi connectivity index (χ0) is 14.8. The van der Waals surface area contributed by atoms with E-state index >= 15 is 0 Å². The molecule has 3 rings (SSSR count). The van der Waals surface area contributed by atoms with Crippen molar-refractivity contribution >= 4 is 0 Å². The zero-order valence-electron chi connectivity index (χ0n) is 12.2. The van der Waals surface area contributed by atoms with Crippen molar-refractivity contribution in [3.8, 4) is 17.2 Å². The monoisotopic (exact) mass is 285 g/mol. The third-order valence-corrected chi connectivity index (χ3v) is 3.84. The molecule has 0 fully saturated rings. The van der Waals surface area contributed by atoms with Crippen molar-refractivity contribution in [2.24, 2.45) is 5.73 Å². The van der Waals surface area contributed by atoms with Crippen molar-refractivity contribution in [3.05, 3.63) is 53.6 Å². The number of fused-ring (bicyclic) bond motifs is 1. The van der Waals surface area contributed by atoms with Gasteiger partial charge in [-0.2, -0.15) is 0 Å². The summed E-state index contributed by atoms with van der Waals surface area (Å²) >= 11 is 0. The van der Waals surface area contributed by atoms with Gasteiger partial charge in [-0.05, 0) is 24.3 Å². The Morgan fingerprint density at radius 2 is 1.86 bits per heavy atom. The highest BCUT2D eigenvalue weighted by molar-refractivity contribution is 5.45. The minimum Gasteiger partial charge on any atom is -0.497 e. The van der Waals surface area contributed by atoms with E-state index in [2.05, 4.69) is 0 Å². The molecule has 1 aliphatic rings. The van der Waals surface area contributed by atoms with Crippen molar-refractivity contribution in [1.29, 1.82) is 0 Å². The summed E-state index contributed by atoms with van der Waals surface area (Å²) in [6, 6.07) is 13.6. The van der Waals surface area contributed by atoms with Gasteiger partial charge in [0.25, 0.3) is 0 Å². The molecule has 2 aromatic carbocycles. The first-order chi connectivity index (χ1) is 10.2. The molecule has 0 amide bonds. The van der Waals surface area contributed by atoms with Crippen LogP contribution in [0.4, 0.5) is 0 Å². The Balaban J connectivity index is 1.99. The Bertz CT molecular complexity index is 642. The van der Waals surface area contributed by atoms with E-state index in [9.17, 15) is 0 Å². The van der Waals surface area contributed by atoms with Gasteiger partial charge in [0.1, 0.15) is 23.4 Å². The van der Waals surface area contributed by atoms with Crippen molar-refractivity contribution in [1.82, 2.24) is 0 Å². The predicted molar refractivity (Wildman–Crippen MR) is 80.9 cm³/mol. The number of ether oxygens (including phenoxy) is 3. The van der Waals surface area contributed by atoms with Crippen LogP contribution in [0.2, 0.25) is 0 Å². The van der Waals surface area contributed by atoms with E-state index < -0.39 is 0 Å². The van der Waals surface area contributed by atoms with Crippen LogP contribution in [-0.4, -0.2) is 14.2 Å². The van der Waals surface area contributed by atoms with Crippen molar-refractivity contribution in [3.63, 3.8) is 0 Å². The van der Waals surface area contributed by atoms with Crippen LogP contribution in [0.25, 0.3) is 0 Å². The molecular weight excluding hydrogens is 266 g/mol. The second kappa shape index (κ2) is 5.66. The van der Waals surface area contributed by atoms with Gasteiger partial charge in [0.15, 0.2) is 0 Å². The summed E-state index contributed by atoms with van der Waals surface area (Å²) in [7, 11) is 3.30. The number of para-hydroxylation sites is 1. The topological polar surface area (TPSA) is 53.7 Å². The van der Waals surface area contributed by atoms with Crippen LogP contribution in [0.15, 0.2) is 42.5 Å². The largest absolute Gasteiger partial charge is 0.497 e. The lowest BCUT2D eigenvalue weighted by Gasteiger charge is -2.31. The Morgan fingerprint density at radius 1 is 1.05 bits per heavy atom. The van der Waals surface area contributed by atoms with Crippen molar-refractivity contribution in [2.45, 2.75) is 18.6 Å². The maximum Gasteiger partial charge on any atom is 0.129 e. The van der Waals surface area contributed by atoms with Gasteiger partial charge in [-0.3, -0.25) is 0 Å². The first-order valence-corrected chi connectivity index (χ1v) is 6.96. The van der Waals surface area contributed by atoms with Gasteiger partial charge in [0.05, 0.1) is 14.2 Å². The van der Waals surface area contributed by atoms with E-state index in [1.54, 1.807) is 14.2 Å². The zero-order valence-corrected chi connectivity index (χ0v) is 12.2. The van der Waals surface area contributed by atoms with Gasteiger partial charge in [0, 0.05) is 23.6 Å². The highest BCUT2D eigenvalue weighted by Gasteiger charge is 2.29. The molecule has 4 heteroatoms. The molecule has 0 radical (unpaired) electrons. The van der Waals surface area contributed by atoms with Crippen LogP contribution >= 0.6 is 0 Å². The Kier molecular flexibility index (Phi) is 3.71. The maximum atomic E-state index is 6.28. The number of rotatable bonds is 3. The molecular formula is C17H19NO3. The average Bonchev–Trinajstić information content (AvgIpc) is 2.54. The molecule has 2 atom stereocenters. The van der Waals surface area contributed by atoms with E-state index in [1.165, 1.54) is 0 Å². The molecule has 21 heavy (non-hydrogen) atoms. The molecule has 0 saturated heterocycles. The third kappa shape index (κ3) is 2.54. The second-order valence-electron chi connectivity index (χ2n) is 5.09. The molecule has 1 aliphatic heterocycles. The van der Waals surface area contributed by atoms with E-state index in [-0.39, 0.29) is 12.1 Å². The molecule has 4 nitrogen and oxygen atoms in total. The minimum absolute atomic E-state index is 0.0455. The molecule has 2 aromatic rings. The number of hydrogen-bond acceptors (Lipinski definition) is 4. The summed E-state index contributed by atoms with van der Waals surface area (Å²) in [5.74, 6) is 2.40. The van der Waals surface area contributed by atoms with Gasteiger partial charge in [0.2, 0.25) is 0 Å². The summed E-state index contributed by atoms with van der Waals surface area (Å²) in [5.41, 5.74) is 8.30. The van der Waals surface area contributed by atoms with Gasteiger partial charge in [-0.25, -0.2) is 0 Å². The third-order valence-electron chi connectivity index (χ3n) is 3.84. The van der Waals surface area contributed by atoms with Crippen LogP contribution in [0.3, 0.4) is 0 Å². The Morgan fingerprint density at radius 3 is 2.62 bits per heavy atom. The summed E-state index contributed by atoms with van der Waals surface area (Å²) in [5, 5.41) is 0. The molecule has 0 spiro atoms. The summed E-state index contributed by atoms with van der Waals surface area (Å²) in [4.78, 5) is 0. The Labute approximate surface area is 124 Å². The van der Waals surface area contributed by atoms with E-state index in [0.717, 1.165) is 28.4 Å². The minimum atomic E-state index is -0.139. The average molecular weight is 285 g/mol. The van der Waals surface area contributed by atoms with Crippen molar-refractivity contribution in [2.75, 3.05) is 14.2 Å². The van der Waals surface area contributed by atoms with E-state index in [4.69, 9.17) is 19.9 Å². The van der Waals surface area contributed by atoms with Crippen LogP contribution < -0.4 is 19.9 Å². The molecule has 0 aliphatic carbocycles. The van der Waals surface area contributed by atoms with Gasteiger partial charge >= 0.3 is 0 Å². The quantitative estimate of drug-likeness (QED) is 0.940. The van der Waals surface area contributed by atoms with Crippen LogP contribution in [0, 0.1) is 0 Å².